The van der Waals surface area contributed by atoms with E-state index in [0.29, 0.717) is 16.9 Å². The van der Waals surface area contributed by atoms with Crippen molar-refractivity contribution in [1.29, 1.82) is 5.26 Å². The quantitative estimate of drug-likeness (QED) is 0.832. The molecule has 1 aromatic heterocycles. The first-order valence-electron chi connectivity index (χ1n) is 5.57. The van der Waals surface area contributed by atoms with Crippen molar-refractivity contribution in [3.05, 3.63) is 63.6 Å². The Labute approximate surface area is 108 Å². The Hall–Kier alpha value is -2.48. The molecule has 0 aliphatic heterocycles. The van der Waals surface area contributed by atoms with Gasteiger partial charge in [0.25, 0.3) is 0 Å². The summed E-state index contributed by atoms with van der Waals surface area (Å²) in [4.78, 5) is 11.6. The summed E-state index contributed by atoms with van der Waals surface area (Å²) in [5, 5.41) is 8.65. The van der Waals surface area contributed by atoms with Gasteiger partial charge in [-0.05, 0) is 19.1 Å². The molecule has 3 nitrogen and oxygen atoms in total. The lowest BCUT2D eigenvalue weighted by atomic mass is 10.2. The number of nitrogens with zero attached hydrogens (tertiary/aromatic N) is 2. The van der Waals surface area contributed by atoms with E-state index in [1.807, 2.05) is 6.07 Å². The van der Waals surface area contributed by atoms with E-state index in [0.717, 1.165) is 12.1 Å². The predicted molar refractivity (Wildman–Crippen MR) is 66.0 cm³/mol. The number of pyridine rings is 1. The molecule has 19 heavy (non-hydrogen) atoms. The molecule has 0 aliphatic carbocycles. The maximum absolute atomic E-state index is 13.2. The van der Waals surface area contributed by atoms with Crippen LogP contribution in [0.5, 0.6) is 0 Å². The SMILES string of the molecule is Cc1cc(=O)c(CC#N)cn1-c1ccc(F)c(F)c1. The van der Waals surface area contributed by atoms with Gasteiger partial charge in [0.1, 0.15) is 0 Å². The van der Waals surface area contributed by atoms with Gasteiger partial charge in [-0.3, -0.25) is 4.79 Å². The van der Waals surface area contributed by atoms with Crippen molar-refractivity contribution in [2.45, 2.75) is 13.3 Å². The molecule has 2 aromatic rings. The molecule has 0 amide bonds. The molecule has 0 radical (unpaired) electrons. The van der Waals surface area contributed by atoms with Crippen molar-refractivity contribution < 1.29 is 8.78 Å². The highest BCUT2D eigenvalue weighted by Crippen LogP contribution is 2.15. The second-order valence-electron chi connectivity index (χ2n) is 4.11. The molecule has 0 saturated carbocycles. The van der Waals surface area contributed by atoms with E-state index >= 15 is 0 Å². The van der Waals surface area contributed by atoms with Crippen LogP contribution in [0.2, 0.25) is 0 Å². The first-order chi connectivity index (χ1) is 9.02. The highest BCUT2D eigenvalue weighted by molar-refractivity contribution is 5.36. The summed E-state index contributed by atoms with van der Waals surface area (Å²) in [5.74, 6) is -1.89. The van der Waals surface area contributed by atoms with Gasteiger partial charge in [0.2, 0.25) is 0 Å². The summed E-state index contributed by atoms with van der Waals surface area (Å²) < 4.78 is 27.7. The molecule has 0 N–H and O–H groups in total. The number of rotatable bonds is 2. The molecule has 1 aromatic carbocycles. The van der Waals surface area contributed by atoms with Crippen molar-refractivity contribution in [2.75, 3.05) is 0 Å². The Balaban J connectivity index is 2.61. The topological polar surface area (TPSA) is 45.8 Å². The molecule has 0 saturated heterocycles. The molecule has 0 fully saturated rings. The molecule has 0 atom stereocenters. The van der Waals surface area contributed by atoms with Crippen LogP contribution in [0.4, 0.5) is 8.78 Å². The first kappa shape index (κ1) is 13.0. The van der Waals surface area contributed by atoms with Gasteiger partial charge in [-0.1, -0.05) is 0 Å². The van der Waals surface area contributed by atoms with Crippen LogP contribution in [0.1, 0.15) is 11.3 Å². The third kappa shape index (κ3) is 2.52. The Morgan fingerprint density at radius 1 is 1.26 bits per heavy atom. The Morgan fingerprint density at radius 3 is 2.63 bits per heavy atom. The predicted octanol–water partition coefficient (Wildman–Crippen LogP) is 2.49. The number of aryl methyl sites for hydroxylation is 1. The van der Waals surface area contributed by atoms with Crippen molar-refractivity contribution in [3.8, 4) is 11.8 Å². The van der Waals surface area contributed by atoms with Gasteiger partial charge in [0, 0.05) is 35.3 Å². The summed E-state index contributed by atoms with van der Waals surface area (Å²) in [5.41, 5.74) is 1.06. The lowest BCUT2D eigenvalue weighted by Gasteiger charge is -2.12. The minimum Gasteiger partial charge on any atom is -0.320 e. The summed E-state index contributed by atoms with van der Waals surface area (Å²) in [6.07, 6.45) is 1.45. The fourth-order valence-electron chi connectivity index (χ4n) is 1.80. The zero-order chi connectivity index (χ0) is 14.0. The van der Waals surface area contributed by atoms with Crippen molar-refractivity contribution >= 4 is 0 Å². The van der Waals surface area contributed by atoms with E-state index < -0.39 is 11.6 Å². The molecule has 0 aliphatic rings. The van der Waals surface area contributed by atoms with Gasteiger partial charge in [-0.2, -0.15) is 5.26 Å². The molecular weight excluding hydrogens is 250 g/mol. The van der Waals surface area contributed by atoms with Crippen LogP contribution in [0.15, 0.2) is 35.3 Å². The second-order valence-corrected chi connectivity index (χ2v) is 4.11. The fraction of sp³-hybridized carbons (Fsp3) is 0.143. The molecule has 96 valence electrons. The highest BCUT2D eigenvalue weighted by atomic mass is 19.2. The fourth-order valence-corrected chi connectivity index (χ4v) is 1.80. The van der Waals surface area contributed by atoms with Gasteiger partial charge < -0.3 is 4.57 Å². The summed E-state index contributed by atoms with van der Waals surface area (Å²) >= 11 is 0. The zero-order valence-electron chi connectivity index (χ0n) is 10.2. The minimum atomic E-state index is -0.961. The zero-order valence-corrected chi connectivity index (χ0v) is 10.2. The van der Waals surface area contributed by atoms with Crippen LogP contribution in [-0.4, -0.2) is 4.57 Å². The monoisotopic (exact) mass is 260 g/mol. The smallest absolute Gasteiger partial charge is 0.186 e. The Bertz CT molecular complexity index is 729. The maximum Gasteiger partial charge on any atom is 0.186 e. The number of aromatic nitrogens is 1. The number of halogens is 2. The van der Waals surface area contributed by atoms with Crippen LogP contribution in [-0.2, 0) is 6.42 Å². The van der Waals surface area contributed by atoms with Gasteiger partial charge in [0.05, 0.1) is 12.5 Å². The van der Waals surface area contributed by atoms with Gasteiger partial charge in [0.15, 0.2) is 17.1 Å². The van der Waals surface area contributed by atoms with Gasteiger partial charge >= 0.3 is 0 Å². The normalized spacial score (nSPS) is 10.2. The number of benzene rings is 1. The average Bonchev–Trinajstić information content (AvgIpc) is 2.36. The lowest BCUT2D eigenvalue weighted by Crippen LogP contribution is -2.14. The third-order valence-electron chi connectivity index (χ3n) is 2.77. The average molecular weight is 260 g/mol. The van der Waals surface area contributed by atoms with Crippen LogP contribution in [0, 0.1) is 29.9 Å². The van der Waals surface area contributed by atoms with Gasteiger partial charge in [-0.25, -0.2) is 8.78 Å². The van der Waals surface area contributed by atoms with Crippen LogP contribution in [0.25, 0.3) is 5.69 Å². The highest BCUT2D eigenvalue weighted by Gasteiger charge is 2.08. The first-order valence-corrected chi connectivity index (χ1v) is 5.57. The van der Waals surface area contributed by atoms with Crippen LogP contribution < -0.4 is 5.43 Å². The number of hydrogen-bond acceptors (Lipinski definition) is 2. The molecule has 5 heteroatoms. The van der Waals surface area contributed by atoms with Crippen molar-refractivity contribution in [2.24, 2.45) is 0 Å². The lowest BCUT2D eigenvalue weighted by molar-refractivity contribution is 0.508. The van der Waals surface area contributed by atoms with Crippen LogP contribution in [0.3, 0.4) is 0 Å². The second kappa shape index (κ2) is 5.02. The van der Waals surface area contributed by atoms with Crippen LogP contribution >= 0.6 is 0 Å². The van der Waals surface area contributed by atoms with E-state index in [1.165, 1.54) is 18.3 Å². The van der Waals surface area contributed by atoms with E-state index in [2.05, 4.69) is 0 Å². The van der Waals surface area contributed by atoms with E-state index in [1.54, 1.807) is 11.5 Å². The Kier molecular flexibility index (Phi) is 3.43. The third-order valence-corrected chi connectivity index (χ3v) is 2.77. The maximum atomic E-state index is 13.2. The molecule has 0 bridgehead atoms. The molecular formula is C14H10F2N2O. The molecule has 0 unspecified atom stereocenters. The van der Waals surface area contributed by atoms with Crippen molar-refractivity contribution in [3.63, 3.8) is 0 Å². The number of nitriles is 1. The summed E-state index contributed by atoms with van der Waals surface area (Å²) in [6, 6.07) is 6.74. The summed E-state index contributed by atoms with van der Waals surface area (Å²) in [6.45, 7) is 1.68. The van der Waals surface area contributed by atoms with E-state index in [4.69, 9.17) is 5.26 Å². The van der Waals surface area contributed by atoms with Crippen molar-refractivity contribution in [1.82, 2.24) is 4.57 Å². The minimum absolute atomic E-state index is 0.0250. The van der Waals surface area contributed by atoms with E-state index in [-0.39, 0.29) is 11.8 Å². The van der Waals surface area contributed by atoms with Gasteiger partial charge in [-0.15, -0.1) is 0 Å². The molecule has 1 heterocycles. The molecule has 2 rings (SSSR count). The summed E-state index contributed by atoms with van der Waals surface area (Å²) in [7, 11) is 0. The van der Waals surface area contributed by atoms with E-state index in [9.17, 15) is 13.6 Å². The Morgan fingerprint density at radius 2 is 2.00 bits per heavy atom. The number of hydrogen-bond donors (Lipinski definition) is 0. The standard InChI is InChI=1S/C14H10F2N2O/c1-9-6-14(19)10(4-5-17)8-18(9)11-2-3-12(15)13(16)7-11/h2-3,6-8H,4H2,1H3. The molecule has 0 spiro atoms. The largest absolute Gasteiger partial charge is 0.320 e.